The Labute approximate surface area is 172 Å². The average molecular weight is 450 g/mol. The Morgan fingerprint density at radius 3 is 2.54 bits per heavy atom. The monoisotopic (exact) mass is 448 g/mol. The fraction of sp³-hybridized carbons (Fsp3) is 0.111. The van der Waals surface area contributed by atoms with Gasteiger partial charge in [0.15, 0.2) is 10.6 Å². The van der Waals surface area contributed by atoms with Crippen molar-refractivity contribution in [2.45, 2.75) is 11.0 Å². The molecule has 0 atom stereocenters. The van der Waals surface area contributed by atoms with Gasteiger partial charge in [0.2, 0.25) is 0 Å². The molecule has 0 radical (unpaired) electrons. The molecule has 1 heterocycles. The number of amides is 1. The van der Waals surface area contributed by atoms with Crippen molar-refractivity contribution in [1.82, 2.24) is 5.16 Å². The van der Waals surface area contributed by atoms with E-state index in [4.69, 9.17) is 39.3 Å². The topological polar surface area (TPSA) is 55.1 Å². The molecule has 0 unspecified atom stereocenters. The largest absolute Gasteiger partial charge is 0.416 e. The van der Waals surface area contributed by atoms with Gasteiger partial charge < -0.3 is 9.84 Å². The average Bonchev–Trinajstić information content (AvgIpc) is 3.11. The van der Waals surface area contributed by atoms with Crippen molar-refractivity contribution in [2.24, 2.45) is 0 Å². The van der Waals surface area contributed by atoms with E-state index >= 15 is 0 Å². The van der Waals surface area contributed by atoms with Gasteiger partial charge in [-0.05, 0) is 30.3 Å². The van der Waals surface area contributed by atoms with Crippen molar-refractivity contribution < 1.29 is 22.5 Å². The number of halogens is 6. The first-order valence-electron chi connectivity index (χ1n) is 7.68. The van der Waals surface area contributed by atoms with Crippen LogP contribution in [0, 0.1) is 0 Å². The van der Waals surface area contributed by atoms with Crippen LogP contribution in [0.3, 0.4) is 0 Å². The SMILES string of the molecule is O=C(Nc1cccc(-c2cc(-c3cc(C(F)(F)F)ccc3Cl)no2)c1)C(Cl)Cl. The molecule has 1 aromatic heterocycles. The van der Waals surface area contributed by atoms with Crippen LogP contribution in [-0.2, 0) is 11.0 Å². The van der Waals surface area contributed by atoms with Crippen molar-refractivity contribution >= 4 is 46.4 Å². The summed E-state index contributed by atoms with van der Waals surface area (Å²) >= 11 is 17.0. The van der Waals surface area contributed by atoms with E-state index in [1.165, 1.54) is 6.07 Å². The lowest BCUT2D eigenvalue weighted by atomic mass is 10.1. The summed E-state index contributed by atoms with van der Waals surface area (Å²) in [5, 5.41) is 6.42. The van der Waals surface area contributed by atoms with E-state index in [-0.39, 0.29) is 22.0 Å². The van der Waals surface area contributed by atoms with Crippen molar-refractivity contribution in [1.29, 1.82) is 0 Å². The van der Waals surface area contributed by atoms with E-state index in [1.54, 1.807) is 24.3 Å². The quantitative estimate of drug-likeness (QED) is 0.467. The molecule has 2 aromatic carbocycles. The smallest absolute Gasteiger partial charge is 0.356 e. The van der Waals surface area contributed by atoms with E-state index in [9.17, 15) is 18.0 Å². The van der Waals surface area contributed by atoms with Gasteiger partial charge in [0, 0.05) is 22.9 Å². The summed E-state index contributed by atoms with van der Waals surface area (Å²) in [6.07, 6.45) is -4.51. The lowest BCUT2D eigenvalue weighted by molar-refractivity contribution is -0.137. The third-order valence-electron chi connectivity index (χ3n) is 3.69. The van der Waals surface area contributed by atoms with Crippen molar-refractivity contribution in [3.8, 4) is 22.6 Å². The molecule has 10 heteroatoms. The second kappa shape index (κ2) is 8.03. The minimum atomic E-state index is -4.51. The van der Waals surface area contributed by atoms with Gasteiger partial charge >= 0.3 is 6.18 Å². The molecule has 28 heavy (non-hydrogen) atoms. The Morgan fingerprint density at radius 1 is 1.11 bits per heavy atom. The van der Waals surface area contributed by atoms with Crippen LogP contribution in [-0.4, -0.2) is 15.9 Å². The predicted octanol–water partition coefficient (Wildman–Crippen LogP) is 6.42. The highest BCUT2D eigenvalue weighted by Crippen LogP contribution is 2.36. The molecule has 4 nitrogen and oxygen atoms in total. The Balaban J connectivity index is 1.92. The van der Waals surface area contributed by atoms with Crippen molar-refractivity contribution in [3.63, 3.8) is 0 Å². The van der Waals surface area contributed by atoms with Gasteiger partial charge in [-0.2, -0.15) is 13.2 Å². The molecule has 0 fully saturated rings. The van der Waals surface area contributed by atoms with Gasteiger partial charge in [-0.25, -0.2) is 0 Å². The lowest BCUT2D eigenvalue weighted by Crippen LogP contribution is -2.18. The number of carbonyl (C=O) groups excluding carboxylic acids is 1. The second-order valence-corrected chi connectivity index (χ2v) is 7.14. The van der Waals surface area contributed by atoms with Crippen LogP contribution in [0.25, 0.3) is 22.6 Å². The standard InChI is InChI=1S/C18H10Cl3F3N2O2/c19-13-5-4-10(18(22,23)24)7-12(13)14-8-15(28-26-14)9-2-1-3-11(6-9)25-17(27)16(20)21/h1-8,16H,(H,25,27). The fourth-order valence-electron chi connectivity index (χ4n) is 2.38. The Hall–Kier alpha value is -2.22. The van der Waals surface area contributed by atoms with Crippen LogP contribution in [0.15, 0.2) is 53.1 Å². The number of rotatable bonds is 4. The van der Waals surface area contributed by atoms with E-state index in [0.29, 0.717) is 11.3 Å². The van der Waals surface area contributed by atoms with Gasteiger partial charge in [-0.3, -0.25) is 4.79 Å². The van der Waals surface area contributed by atoms with Gasteiger partial charge in [0.25, 0.3) is 5.91 Å². The number of hydrogen-bond acceptors (Lipinski definition) is 3. The van der Waals surface area contributed by atoms with Crippen LogP contribution < -0.4 is 5.32 Å². The first-order chi connectivity index (χ1) is 13.1. The third-order valence-corrected chi connectivity index (χ3v) is 4.42. The molecule has 1 N–H and O–H groups in total. The molecule has 0 saturated carbocycles. The summed E-state index contributed by atoms with van der Waals surface area (Å²) < 4.78 is 44.1. The van der Waals surface area contributed by atoms with E-state index < -0.39 is 22.5 Å². The van der Waals surface area contributed by atoms with Crippen LogP contribution in [0.2, 0.25) is 5.02 Å². The molecular formula is C18H10Cl3F3N2O2. The molecule has 3 rings (SSSR count). The summed E-state index contributed by atoms with van der Waals surface area (Å²) in [6, 6.07) is 10.9. The van der Waals surface area contributed by atoms with Crippen LogP contribution in [0.1, 0.15) is 5.56 Å². The van der Waals surface area contributed by atoms with E-state index in [1.807, 2.05) is 0 Å². The number of hydrogen-bond donors (Lipinski definition) is 1. The molecule has 146 valence electrons. The normalized spacial score (nSPS) is 11.7. The maximum atomic E-state index is 13.0. The Kier molecular flexibility index (Phi) is 5.88. The molecular weight excluding hydrogens is 440 g/mol. The molecule has 0 aliphatic heterocycles. The van der Waals surface area contributed by atoms with Gasteiger partial charge in [0.1, 0.15) is 5.69 Å². The zero-order chi connectivity index (χ0) is 20.5. The zero-order valence-corrected chi connectivity index (χ0v) is 16.0. The molecule has 1 amide bonds. The van der Waals surface area contributed by atoms with Crippen LogP contribution >= 0.6 is 34.8 Å². The van der Waals surface area contributed by atoms with E-state index in [0.717, 1.165) is 18.2 Å². The molecule has 0 bridgehead atoms. The van der Waals surface area contributed by atoms with Gasteiger partial charge in [-0.1, -0.05) is 52.1 Å². The highest BCUT2D eigenvalue weighted by Gasteiger charge is 2.31. The zero-order valence-electron chi connectivity index (χ0n) is 13.7. The van der Waals surface area contributed by atoms with Crippen LogP contribution in [0.4, 0.5) is 18.9 Å². The molecule has 3 aromatic rings. The summed E-state index contributed by atoms with van der Waals surface area (Å²) in [4.78, 5) is 10.3. The number of aromatic nitrogens is 1. The maximum Gasteiger partial charge on any atom is 0.416 e. The Bertz CT molecular complexity index is 1020. The molecule has 0 saturated heterocycles. The fourth-order valence-corrected chi connectivity index (χ4v) is 2.71. The number of nitrogens with zero attached hydrogens (tertiary/aromatic N) is 1. The van der Waals surface area contributed by atoms with Gasteiger partial charge in [-0.15, -0.1) is 0 Å². The first kappa shape index (κ1) is 20.5. The van der Waals surface area contributed by atoms with Crippen molar-refractivity contribution in [2.75, 3.05) is 5.32 Å². The van der Waals surface area contributed by atoms with E-state index in [2.05, 4.69) is 10.5 Å². The summed E-state index contributed by atoms with van der Waals surface area (Å²) in [7, 11) is 0. The number of carbonyl (C=O) groups is 1. The predicted molar refractivity (Wildman–Crippen MR) is 102 cm³/mol. The van der Waals surface area contributed by atoms with Crippen molar-refractivity contribution in [3.05, 3.63) is 59.1 Å². The van der Waals surface area contributed by atoms with Gasteiger partial charge in [0.05, 0.1) is 10.6 Å². The number of nitrogens with one attached hydrogen (secondary N) is 1. The second-order valence-electron chi connectivity index (χ2n) is 5.64. The molecule has 0 aliphatic carbocycles. The minimum Gasteiger partial charge on any atom is -0.356 e. The lowest BCUT2D eigenvalue weighted by Gasteiger charge is -2.08. The maximum absolute atomic E-state index is 13.0. The Morgan fingerprint density at radius 2 is 1.86 bits per heavy atom. The number of benzene rings is 2. The third kappa shape index (κ3) is 4.60. The first-order valence-corrected chi connectivity index (χ1v) is 8.93. The molecule has 0 aliphatic rings. The number of alkyl halides is 5. The highest BCUT2D eigenvalue weighted by atomic mass is 35.5. The highest BCUT2D eigenvalue weighted by molar-refractivity contribution is 6.54. The summed E-state index contributed by atoms with van der Waals surface area (Å²) in [5.41, 5.74) is 0.312. The number of anilines is 1. The molecule has 0 spiro atoms. The van der Waals surface area contributed by atoms with Crippen LogP contribution in [0.5, 0.6) is 0 Å². The summed E-state index contributed by atoms with van der Waals surface area (Å²) in [6.45, 7) is 0. The minimum absolute atomic E-state index is 0.0862. The summed E-state index contributed by atoms with van der Waals surface area (Å²) in [5.74, 6) is -0.331.